The van der Waals surface area contributed by atoms with E-state index in [0.717, 1.165) is 130 Å². The summed E-state index contributed by atoms with van der Waals surface area (Å²) in [6.45, 7) is 16.4. The number of aromatic nitrogens is 9. The van der Waals surface area contributed by atoms with Gasteiger partial charge in [-0.25, -0.2) is 42.2 Å². The van der Waals surface area contributed by atoms with Crippen LogP contribution in [0.5, 0.6) is 23.0 Å². The standard InChI is InChI=1S/C22H25N5O2S.C19H26N2O3S2.C15H9F2N3OS.C15H18N2O2S/c1-14-10-17(15(2)27(14)22-23-13-24-26-22)18-12-30-21(25-18)7-5-6-16-8-9-19(28-3)20(11-16)29-4;1-5-14(3)21(15(4)6-2)18(22)13-26(23,24)19-20-17(12-25-19)16-10-8-7-9-11-16;16-10-5-9(6-11(17)7-10)14(21)20-15-19-13(8-22-15)12-3-1-2-4-18-12;1-10-3-2-6-17(8-10)15-16-13(9-20-15)12-5-4-11(18)7-14(12)19/h8-13H,5-7H2,1-4H3,(H,23,24,26);7-12,14-15H,5-6,13H2,1-4H3;1-8H,(H,19,20,21);4-5,7,9-10,18-19H,2-3,6,8H2,1H3. The van der Waals surface area contributed by atoms with Gasteiger partial charge in [-0.15, -0.1) is 45.3 Å². The van der Waals surface area contributed by atoms with Crippen molar-refractivity contribution in [2.75, 3.05) is 43.3 Å². The number of nitrogens with zero attached hydrogens (tertiary/aromatic N) is 10. The molecule has 4 aromatic carbocycles. The molecule has 8 heterocycles. The van der Waals surface area contributed by atoms with E-state index in [-0.39, 0.29) is 39.4 Å². The molecule has 3 atom stereocenters. The normalized spacial score (nSPS) is 13.4. The molecule has 0 spiro atoms. The summed E-state index contributed by atoms with van der Waals surface area (Å²) >= 11 is 5.59. The summed E-state index contributed by atoms with van der Waals surface area (Å²) in [4.78, 5) is 55.1. The highest BCUT2D eigenvalue weighted by molar-refractivity contribution is 7.94. The zero-order valence-corrected chi connectivity index (χ0v) is 59.9. The number of aromatic hydroxyl groups is 2. The molecule has 7 aromatic heterocycles. The number of H-pyrrole nitrogens is 1. The molecular formula is C71H78F2N12O8S5. The molecule has 2 amide bonds. The molecule has 0 saturated carbocycles. The number of hydrogen-bond acceptors (Lipinski definition) is 20. The van der Waals surface area contributed by atoms with Gasteiger partial charge < -0.3 is 29.5 Å². The lowest BCUT2D eigenvalue weighted by Gasteiger charge is -2.33. The summed E-state index contributed by atoms with van der Waals surface area (Å²) in [6, 6.07) is 30.3. The van der Waals surface area contributed by atoms with Crippen LogP contribution in [-0.2, 0) is 27.5 Å². The van der Waals surface area contributed by atoms with Crippen LogP contribution in [-0.4, -0.2) is 125 Å². The lowest BCUT2D eigenvalue weighted by molar-refractivity contribution is -0.132. The number of benzene rings is 4. The van der Waals surface area contributed by atoms with E-state index in [9.17, 15) is 37.0 Å². The van der Waals surface area contributed by atoms with Crippen LogP contribution in [0.15, 0.2) is 148 Å². The third kappa shape index (κ3) is 19.1. The molecule has 1 fully saturated rings. The van der Waals surface area contributed by atoms with Gasteiger partial charge in [0.05, 0.1) is 42.0 Å². The molecule has 27 heteroatoms. The zero-order valence-electron chi connectivity index (χ0n) is 55.8. The number of phenols is 2. The molecule has 4 N–H and O–H groups in total. The number of carbonyl (C=O) groups excluding carboxylic acids is 2. The molecule has 12 rings (SSSR count). The Morgan fingerprint density at radius 2 is 1.45 bits per heavy atom. The maximum atomic E-state index is 13.1. The number of thiazole rings is 4. The molecule has 11 aromatic rings. The minimum atomic E-state index is -3.76. The highest BCUT2D eigenvalue weighted by Crippen LogP contribution is 2.37. The van der Waals surface area contributed by atoms with Gasteiger partial charge >= 0.3 is 0 Å². The number of carbonyl (C=O) groups is 2. The first-order chi connectivity index (χ1) is 47.1. The van der Waals surface area contributed by atoms with Gasteiger partial charge in [0.25, 0.3) is 5.91 Å². The number of amides is 2. The van der Waals surface area contributed by atoms with Crippen LogP contribution < -0.4 is 19.7 Å². The van der Waals surface area contributed by atoms with Gasteiger partial charge in [0.15, 0.2) is 21.8 Å². The van der Waals surface area contributed by atoms with Crippen molar-refractivity contribution in [2.45, 2.75) is 110 Å². The second-order valence-electron chi connectivity index (χ2n) is 23.3. The molecule has 3 unspecified atom stereocenters. The van der Waals surface area contributed by atoms with Crippen LogP contribution in [0.2, 0.25) is 0 Å². The summed E-state index contributed by atoms with van der Waals surface area (Å²) in [5.74, 6) is -0.0475. The van der Waals surface area contributed by atoms with Crippen LogP contribution in [0.25, 0.3) is 51.1 Å². The predicted octanol–water partition coefficient (Wildman–Crippen LogP) is 15.7. The Morgan fingerprint density at radius 3 is 2.12 bits per heavy atom. The molecule has 1 aliphatic heterocycles. The number of halogens is 2. The monoisotopic (exact) mass is 1420 g/mol. The number of piperidine rings is 1. The quantitative estimate of drug-likeness (QED) is 0.0521. The van der Waals surface area contributed by atoms with Gasteiger partial charge in [0.1, 0.15) is 40.9 Å². The van der Waals surface area contributed by atoms with Crippen molar-refractivity contribution in [1.82, 2.24) is 49.6 Å². The van der Waals surface area contributed by atoms with Crippen LogP contribution in [0.1, 0.15) is 99.0 Å². The molecule has 20 nitrogen and oxygen atoms in total. The first kappa shape index (κ1) is 73.0. The third-order valence-electron chi connectivity index (χ3n) is 16.2. The highest BCUT2D eigenvalue weighted by Gasteiger charge is 2.31. The third-order valence-corrected chi connectivity index (χ3v) is 21.7. The molecular weight excluding hydrogens is 1350 g/mol. The van der Waals surface area contributed by atoms with E-state index in [2.05, 4.69) is 88.2 Å². The van der Waals surface area contributed by atoms with E-state index >= 15 is 0 Å². The number of methoxy groups -OCH3 is 2. The Balaban J connectivity index is 0.000000155. The summed E-state index contributed by atoms with van der Waals surface area (Å²) in [5.41, 5.74) is 9.67. The first-order valence-electron chi connectivity index (χ1n) is 31.8. The average Bonchev–Trinajstić information content (AvgIpc) is 1.51. The van der Waals surface area contributed by atoms with Crippen molar-refractivity contribution in [3.63, 3.8) is 0 Å². The summed E-state index contributed by atoms with van der Waals surface area (Å²) < 4.78 is 64.4. The highest BCUT2D eigenvalue weighted by atomic mass is 32.2. The number of sulfone groups is 1. The molecule has 0 aliphatic carbocycles. The van der Waals surface area contributed by atoms with Crippen molar-refractivity contribution in [2.24, 2.45) is 5.92 Å². The van der Waals surface area contributed by atoms with Gasteiger partial charge in [-0.2, -0.15) is 10.1 Å². The number of pyridine rings is 1. The largest absolute Gasteiger partial charge is 0.508 e. The van der Waals surface area contributed by atoms with Crippen LogP contribution in [0.4, 0.5) is 19.0 Å². The van der Waals surface area contributed by atoms with Gasteiger partial charge in [-0.05, 0) is 139 Å². The lowest BCUT2D eigenvalue weighted by atomic mass is 10.0. The van der Waals surface area contributed by atoms with Crippen molar-refractivity contribution < 1.29 is 46.5 Å². The Bertz CT molecular complexity index is 4500. The SMILES string of the molecule is CC1CCCN(c2nc(-c3ccc(O)cc3O)cs2)C1.CCC(C)N(C(=O)CS(=O)(=O)c1nc(-c2ccccc2)cs1)C(C)CC.COc1ccc(CCCc2nc(-c3cc(C)n(-c4ncn[nH]4)c3C)cs2)cc1OC.O=C(Nc1nc(-c2ccccn2)cs1)c1cc(F)cc(F)c1. The Hall–Kier alpha value is -9.28. The molecule has 98 heavy (non-hydrogen) atoms. The van der Waals surface area contributed by atoms with Gasteiger partial charge in [0.2, 0.25) is 26.0 Å². The minimum Gasteiger partial charge on any atom is -0.508 e. The number of nitrogens with one attached hydrogen (secondary N) is 2. The number of anilines is 2. The minimum absolute atomic E-state index is 0.00189. The lowest BCUT2D eigenvalue weighted by Crippen LogP contribution is -2.46. The smallest absolute Gasteiger partial charge is 0.257 e. The maximum Gasteiger partial charge on any atom is 0.257 e. The van der Waals surface area contributed by atoms with Gasteiger partial charge in [0, 0.05) is 98.7 Å². The van der Waals surface area contributed by atoms with E-state index < -0.39 is 33.1 Å². The Morgan fingerprint density at radius 1 is 0.745 bits per heavy atom. The van der Waals surface area contributed by atoms with E-state index in [4.69, 9.17) is 14.5 Å². The van der Waals surface area contributed by atoms with Gasteiger partial charge in [-0.1, -0.05) is 63.2 Å². The molecule has 1 aliphatic rings. The molecule has 1 saturated heterocycles. The number of ether oxygens (including phenoxy) is 2. The van der Waals surface area contributed by atoms with Crippen LogP contribution in [0.3, 0.4) is 0 Å². The molecule has 514 valence electrons. The Kier molecular flexibility index (Phi) is 25.5. The predicted molar refractivity (Wildman–Crippen MR) is 385 cm³/mol. The van der Waals surface area contributed by atoms with Crippen molar-refractivity contribution in [3.05, 3.63) is 182 Å². The summed E-state index contributed by atoms with van der Waals surface area (Å²) in [6.07, 6.45) is 10.2. The Labute approximate surface area is 585 Å². The van der Waals surface area contributed by atoms with E-state index in [0.29, 0.717) is 39.8 Å². The van der Waals surface area contributed by atoms with Crippen molar-refractivity contribution in [1.29, 1.82) is 0 Å². The van der Waals surface area contributed by atoms with Crippen molar-refractivity contribution >= 4 is 77.3 Å². The maximum absolute atomic E-state index is 13.1. The number of aryl methyl sites for hydroxylation is 3. The topological polar surface area (TPSA) is 257 Å². The van der Waals surface area contributed by atoms with E-state index in [1.54, 1.807) is 83.0 Å². The van der Waals surface area contributed by atoms with Crippen LogP contribution >= 0.6 is 45.3 Å². The summed E-state index contributed by atoms with van der Waals surface area (Å²) in [5, 5.41) is 38.7. The number of phenolic OH excluding ortho intramolecular Hbond substituents is 2. The second kappa shape index (κ2) is 34.3. The van der Waals surface area contributed by atoms with E-state index in [1.165, 1.54) is 42.1 Å². The fourth-order valence-corrected chi connectivity index (χ4v) is 15.6. The van der Waals surface area contributed by atoms with Crippen molar-refractivity contribution in [3.8, 4) is 74.1 Å². The average molecular weight is 1430 g/mol. The number of aromatic amines is 1. The van der Waals surface area contributed by atoms with Crippen LogP contribution in [0, 0.1) is 31.4 Å². The first-order valence-corrected chi connectivity index (χ1v) is 36.9. The zero-order chi connectivity index (χ0) is 70.0. The molecule has 0 radical (unpaired) electrons. The number of hydrogen-bond donors (Lipinski definition) is 4. The fraction of sp³-hybridized carbons (Fsp3) is 0.310. The summed E-state index contributed by atoms with van der Waals surface area (Å²) in [7, 11) is -0.441. The number of rotatable bonds is 21. The van der Waals surface area contributed by atoms with Gasteiger partial charge in [-0.3, -0.25) is 24.5 Å². The molecule has 0 bridgehead atoms. The second-order valence-corrected chi connectivity index (χ2v) is 29.0. The fourth-order valence-electron chi connectivity index (χ4n) is 10.9. The van der Waals surface area contributed by atoms with E-state index in [1.807, 2.05) is 81.6 Å².